The number of hydrogen-bond donors (Lipinski definition) is 2. The van der Waals surface area contributed by atoms with Gasteiger partial charge in [0.25, 0.3) is 0 Å². The Morgan fingerprint density at radius 2 is 1.84 bits per heavy atom. The van der Waals surface area contributed by atoms with Crippen molar-refractivity contribution < 1.29 is 14.7 Å². The van der Waals surface area contributed by atoms with Crippen molar-refractivity contribution in [3.05, 3.63) is 59.4 Å². The zero-order chi connectivity index (χ0) is 14.0. The van der Waals surface area contributed by atoms with E-state index in [-0.39, 0.29) is 16.9 Å². The molecule has 0 aromatic heterocycles. The lowest BCUT2D eigenvalue weighted by molar-refractivity contribution is 0.0923. The Kier molecular flexibility index (Phi) is 3.62. The molecule has 0 bridgehead atoms. The summed E-state index contributed by atoms with van der Waals surface area (Å²) in [5.74, 6) is -1.28. The smallest absolute Gasteiger partial charge is 0.228 e. The number of aliphatic hydroxyl groups is 1. The number of benzene rings is 1. The largest absolute Gasteiger partial charge is 0.504 e. The molecule has 0 radical (unpaired) electrons. The summed E-state index contributed by atoms with van der Waals surface area (Å²) in [6.45, 7) is 5.79. The van der Waals surface area contributed by atoms with Crippen LogP contribution in [0.3, 0.4) is 0 Å². The maximum atomic E-state index is 12.3. The van der Waals surface area contributed by atoms with E-state index >= 15 is 0 Å². The number of ketones is 2. The first-order valence-electron chi connectivity index (χ1n) is 6.03. The van der Waals surface area contributed by atoms with Crippen molar-refractivity contribution in [3.8, 4) is 0 Å². The van der Waals surface area contributed by atoms with Crippen LogP contribution in [-0.4, -0.2) is 29.3 Å². The first-order valence-corrected chi connectivity index (χ1v) is 6.03. The van der Waals surface area contributed by atoms with Gasteiger partial charge in [0, 0.05) is 23.7 Å². The number of rotatable bonds is 4. The molecule has 1 atom stereocenters. The molecule has 4 heteroatoms. The Bertz CT molecular complexity index is 587. The van der Waals surface area contributed by atoms with Gasteiger partial charge in [-0.05, 0) is 6.92 Å². The van der Waals surface area contributed by atoms with E-state index in [4.69, 9.17) is 0 Å². The molecule has 1 aromatic rings. The molecule has 1 aliphatic carbocycles. The van der Waals surface area contributed by atoms with Gasteiger partial charge in [-0.3, -0.25) is 9.59 Å². The van der Waals surface area contributed by atoms with Crippen molar-refractivity contribution in [2.75, 3.05) is 6.54 Å². The Morgan fingerprint density at radius 1 is 1.26 bits per heavy atom. The molecular weight excluding hydrogens is 242 g/mol. The van der Waals surface area contributed by atoms with Gasteiger partial charge in [-0.25, -0.2) is 0 Å². The minimum Gasteiger partial charge on any atom is -0.504 e. The number of allylic oxidation sites excluding steroid dienone is 1. The predicted octanol–water partition coefficient (Wildman–Crippen LogP) is 2.04. The Balaban J connectivity index is 2.45. The number of Topliss-reactive ketones (excluding diaryl/α,β-unsaturated/α-hetero) is 2. The molecule has 19 heavy (non-hydrogen) atoms. The highest BCUT2D eigenvalue weighted by Gasteiger charge is 2.34. The molecule has 1 unspecified atom stereocenters. The third kappa shape index (κ3) is 2.22. The summed E-state index contributed by atoms with van der Waals surface area (Å²) in [6.07, 6.45) is 1.65. The second-order valence-corrected chi connectivity index (χ2v) is 4.38. The first kappa shape index (κ1) is 13.2. The second-order valence-electron chi connectivity index (χ2n) is 4.38. The lowest BCUT2D eigenvalue weighted by Gasteiger charge is -2.22. The number of carbonyl (C=O) groups is 2. The molecule has 0 saturated carbocycles. The number of carbonyl (C=O) groups excluding carboxylic acids is 2. The van der Waals surface area contributed by atoms with Crippen LogP contribution < -0.4 is 5.32 Å². The quantitative estimate of drug-likeness (QED) is 0.810. The van der Waals surface area contributed by atoms with Crippen LogP contribution in [-0.2, 0) is 0 Å². The zero-order valence-corrected chi connectivity index (χ0v) is 10.6. The summed E-state index contributed by atoms with van der Waals surface area (Å²) in [7, 11) is 0. The maximum absolute atomic E-state index is 12.3. The van der Waals surface area contributed by atoms with Crippen molar-refractivity contribution in [1.82, 2.24) is 5.32 Å². The number of hydrogen-bond acceptors (Lipinski definition) is 4. The van der Waals surface area contributed by atoms with Crippen molar-refractivity contribution in [1.29, 1.82) is 0 Å². The monoisotopic (exact) mass is 257 g/mol. The van der Waals surface area contributed by atoms with Gasteiger partial charge in [0.15, 0.2) is 11.5 Å². The van der Waals surface area contributed by atoms with E-state index in [0.29, 0.717) is 12.1 Å². The van der Waals surface area contributed by atoms with Crippen molar-refractivity contribution in [2.24, 2.45) is 0 Å². The van der Waals surface area contributed by atoms with E-state index in [9.17, 15) is 14.7 Å². The van der Waals surface area contributed by atoms with Crippen LogP contribution in [0.25, 0.3) is 0 Å². The average Bonchev–Trinajstić information content (AvgIpc) is 2.43. The van der Waals surface area contributed by atoms with Crippen LogP contribution in [0, 0.1) is 0 Å². The summed E-state index contributed by atoms with van der Waals surface area (Å²) in [6, 6.07) is 6.10. The molecule has 0 amide bonds. The fraction of sp³-hybridized carbons (Fsp3) is 0.200. The standard InChI is InChI=1S/C15H15NO3/c1-3-8-16-9(2)12-13(17)10-6-4-5-7-11(10)14(18)15(12)19/h3-7,9,16,19H,1,8H2,2H3. The van der Waals surface area contributed by atoms with Gasteiger partial charge < -0.3 is 10.4 Å². The molecule has 2 N–H and O–H groups in total. The van der Waals surface area contributed by atoms with Crippen LogP contribution in [0.5, 0.6) is 0 Å². The van der Waals surface area contributed by atoms with Gasteiger partial charge in [-0.2, -0.15) is 0 Å². The second kappa shape index (κ2) is 5.20. The van der Waals surface area contributed by atoms with Gasteiger partial charge in [-0.1, -0.05) is 30.3 Å². The molecule has 98 valence electrons. The maximum Gasteiger partial charge on any atom is 0.228 e. The summed E-state index contributed by atoms with van der Waals surface area (Å²) >= 11 is 0. The summed E-state index contributed by atoms with van der Waals surface area (Å²) in [4.78, 5) is 24.4. The summed E-state index contributed by atoms with van der Waals surface area (Å²) in [5, 5.41) is 13.0. The van der Waals surface area contributed by atoms with Crippen LogP contribution in [0.2, 0.25) is 0 Å². The fourth-order valence-electron chi connectivity index (χ4n) is 2.15. The van der Waals surface area contributed by atoms with Gasteiger partial charge in [0.2, 0.25) is 5.78 Å². The minimum absolute atomic E-state index is 0.116. The molecule has 1 aromatic carbocycles. The molecule has 0 heterocycles. The van der Waals surface area contributed by atoms with E-state index < -0.39 is 17.6 Å². The highest BCUT2D eigenvalue weighted by molar-refractivity contribution is 6.26. The van der Waals surface area contributed by atoms with E-state index in [2.05, 4.69) is 11.9 Å². The van der Waals surface area contributed by atoms with Crippen molar-refractivity contribution in [2.45, 2.75) is 13.0 Å². The van der Waals surface area contributed by atoms with Gasteiger partial charge >= 0.3 is 0 Å². The molecule has 0 fully saturated rings. The normalized spacial score (nSPS) is 16.3. The first-order chi connectivity index (χ1) is 9.07. The highest BCUT2D eigenvalue weighted by Crippen LogP contribution is 2.26. The van der Waals surface area contributed by atoms with E-state index in [1.807, 2.05) is 0 Å². The summed E-state index contributed by atoms with van der Waals surface area (Å²) in [5.41, 5.74) is 0.711. The Hall–Kier alpha value is -2.20. The van der Waals surface area contributed by atoms with Gasteiger partial charge in [-0.15, -0.1) is 6.58 Å². The number of nitrogens with one attached hydrogen (secondary N) is 1. The zero-order valence-electron chi connectivity index (χ0n) is 10.6. The Labute approximate surface area is 111 Å². The topological polar surface area (TPSA) is 66.4 Å². The molecule has 0 spiro atoms. The molecule has 0 aliphatic heterocycles. The average molecular weight is 257 g/mol. The van der Waals surface area contributed by atoms with E-state index in [0.717, 1.165) is 0 Å². The molecule has 4 nitrogen and oxygen atoms in total. The minimum atomic E-state index is -0.502. The summed E-state index contributed by atoms with van der Waals surface area (Å²) < 4.78 is 0. The number of fused-ring (bicyclic) bond motifs is 1. The fourth-order valence-corrected chi connectivity index (χ4v) is 2.15. The lowest BCUT2D eigenvalue weighted by atomic mass is 9.85. The SMILES string of the molecule is C=CCNC(C)C1=C(O)C(=O)c2ccccc2C1=O. The third-order valence-electron chi connectivity index (χ3n) is 3.13. The van der Waals surface area contributed by atoms with E-state index in [1.54, 1.807) is 37.3 Å². The van der Waals surface area contributed by atoms with Gasteiger partial charge in [0.1, 0.15) is 0 Å². The van der Waals surface area contributed by atoms with Gasteiger partial charge in [0.05, 0.1) is 5.57 Å². The highest BCUT2D eigenvalue weighted by atomic mass is 16.3. The lowest BCUT2D eigenvalue weighted by Crippen LogP contribution is -2.36. The van der Waals surface area contributed by atoms with Crippen LogP contribution in [0.15, 0.2) is 48.3 Å². The van der Waals surface area contributed by atoms with Crippen LogP contribution >= 0.6 is 0 Å². The van der Waals surface area contributed by atoms with Crippen molar-refractivity contribution >= 4 is 11.6 Å². The molecular formula is C15H15NO3. The molecule has 0 saturated heterocycles. The number of aliphatic hydroxyl groups excluding tert-OH is 1. The molecule has 2 rings (SSSR count). The van der Waals surface area contributed by atoms with Crippen molar-refractivity contribution in [3.63, 3.8) is 0 Å². The third-order valence-corrected chi connectivity index (χ3v) is 3.13. The van der Waals surface area contributed by atoms with Crippen LogP contribution in [0.4, 0.5) is 0 Å². The predicted molar refractivity (Wildman–Crippen MR) is 72.4 cm³/mol. The Morgan fingerprint density at radius 3 is 2.42 bits per heavy atom. The van der Waals surface area contributed by atoms with Crippen LogP contribution in [0.1, 0.15) is 27.6 Å². The molecule has 1 aliphatic rings. The van der Waals surface area contributed by atoms with E-state index in [1.165, 1.54) is 0 Å².